The van der Waals surface area contributed by atoms with Gasteiger partial charge in [-0.2, -0.15) is 16.4 Å². The maximum atomic E-state index is 4.55. The molecule has 1 atom stereocenters. The maximum Gasteiger partial charge on any atom is 0.0756 e. The number of nitrogens with zero attached hydrogens (tertiary/aromatic N) is 2. The lowest BCUT2D eigenvalue weighted by Gasteiger charge is -2.17. The summed E-state index contributed by atoms with van der Waals surface area (Å²) < 4.78 is 2.00. The van der Waals surface area contributed by atoms with E-state index in [4.69, 9.17) is 0 Å². The number of thiophene rings is 1. The first kappa shape index (κ1) is 13.3. The Morgan fingerprint density at radius 3 is 2.83 bits per heavy atom. The van der Waals surface area contributed by atoms with Crippen LogP contribution < -0.4 is 5.32 Å². The Morgan fingerprint density at radius 1 is 1.44 bits per heavy atom. The van der Waals surface area contributed by atoms with E-state index in [0.29, 0.717) is 0 Å². The van der Waals surface area contributed by atoms with Gasteiger partial charge in [-0.05, 0) is 47.8 Å². The van der Waals surface area contributed by atoms with Crippen molar-refractivity contribution in [2.24, 2.45) is 7.05 Å². The summed E-state index contributed by atoms with van der Waals surface area (Å²) in [7, 11) is 2.03. The van der Waals surface area contributed by atoms with E-state index in [-0.39, 0.29) is 6.04 Å². The summed E-state index contributed by atoms with van der Waals surface area (Å²) in [6.45, 7) is 5.36. The Morgan fingerprint density at radius 2 is 2.28 bits per heavy atom. The highest BCUT2D eigenvalue weighted by Crippen LogP contribution is 2.24. The molecule has 0 fully saturated rings. The van der Waals surface area contributed by atoms with Crippen molar-refractivity contribution in [3.63, 3.8) is 0 Å². The van der Waals surface area contributed by atoms with Crippen LogP contribution in [0.2, 0.25) is 0 Å². The first-order valence-corrected chi connectivity index (χ1v) is 7.48. The van der Waals surface area contributed by atoms with E-state index in [0.717, 1.165) is 25.1 Å². The minimum Gasteiger partial charge on any atom is -0.305 e. The van der Waals surface area contributed by atoms with Crippen LogP contribution in [-0.2, 0) is 13.5 Å². The van der Waals surface area contributed by atoms with E-state index in [1.165, 1.54) is 11.3 Å². The summed E-state index contributed by atoms with van der Waals surface area (Å²) in [6, 6.07) is 4.66. The molecule has 0 amide bonds. The second-order valence-corrected chi connectivity index (χ2v) is 5.26. The van der Waals surface area contributed by atoms with E-state index in [9.17, 15) is 0 Å². The first-order chi connectivity index (χ1) is 8.76. The predicted molar refractivity (Wildman–Crippen MR) is 77.0 cm³/mol. The molecule has 0 aliphatic rings. The average molecular weight is 263 g/mol. The number of aromatic nitrogens is 2. The third-order valence-corrected chi connectivity index (χ3v) is 3.80. The molecule has 0 spiro atoms. The number of hydrogen-bond donors (Lipinski definition) is 1. The van der Waals surface area contributed by atoms with E-state index < -0.39 is 0 Å². The summed E-state index contributed by atoms with van der Waals surface area (Å²) in [5, 5.41) is 12.5. The van der Waals surface area contributed by atoms with Gasteiger partial charge in [0.1, 0.15) is 0 Å². The largest absolute Gasteiger partial charge is 0.305 e. The molecule has 4 heteroatoms. The Bertz CT molecular complexity index is 473. The van der Waals surface area contributed by atoms with E-state index >= 15 is 0 Å². The highest BCUT2D eigenvalue weighted by molar-refractivity contribution is 7.08. The van der Waals surface area contributed by atoms with Crippen LogP contribution in [0.25, 0.3) is 0 Å². The van der Waals surface area contributed by atoms with Crippen molar-refractivity contribution >= 4 is 11.3 Å². The lowest BCUT2D eigenvalue weighted by atomic mass is 10.1. The molecule has 0 aliphatic heterocycles. The molecule has 0 aliphatic carbocycles. The van der Waals surface area contributed by atoms with Crippen molar-refractivity contribution in [3.8, 4) is 0 Å². The van der Waals surface area contributed by atoms with Crippen LogP contribution in [0, 0.1) is 0 Å². The fourth-order valence-electron chi connectivity index (χ4n) is 2.11. The molecule has 2 aromatic rings. The average Bonchev–Trinajstić information content (AvgIpc) is 3.00. The minimum absolute atomic E-state index is 0.258. The SMILES string of the molecule is CCCNC(c1ccsc1)c1cc(CC)nn1C. The van der Waals surface area contributed by atoms with E-state index in [1.807, 2.05) is 11.7 Å². The van der Waals surface area contributed by atoms with Crippen molar-refractivity contribution in [1.82, 2.24) is 15.1 Å². The van der Waals surface area contributed by atoms with Gasteiger partial charge in [-0.1, -0.05) is 13.8 Å². The molecule has 0 saturated heterocycles. The van der Waals surface area contributed by atoms with Gasteiger partial charge in [0.05, 0.1) is 17.4 Å². The zero-order valence-electron chi connectivity index (χ0n) is 11.3. The van der Waals surface area contributed by atoms with Crippen molar-refractivity contribution in [2.75, 3.05) is 6.54 Å². The smallest absolute Gasteiger partial charge is 0.0756 e. The second-order valence-electron chi connectivity index (χ2n) is 4.48. The molecule has 0 saturated carbocycles. The standard InChI is InChI=1S/C14H21N3S/c1-4-7-15-14(11-6-8-18-10-11)13-9-12(5-2)16-17(13)3/h6,8-10,14-15H,4-5,7H2,1-3H3. The van der Waals surface area contributed by atoms with Gasteiger partial charge >= 0.3 is 0 Å². The normalized spacial score (nSPS) is 12.8. The summed E-state index contributed by atoms with van der Waals surface area (Å²) in [5.41, 5.74) is 3.74. The van der Waals surface area contributed by atoms with Gasteiger partial charge in [-0.25, -0.2) is 0 Å². The quantitative estimate of drug-likeness (QED) is 0.867. The molecule has 3 nitrogen and oxygen atoms in total. The van der Waals surface area contributed by atoms with Crippen LogP contribution >= 0.6 is 11.3 Å². The van der Waals surface area contributed by atoms with Gasteiger partial charge in [-0.15, -0.1) is 0 Å². The van der Waals surface area contributed by atoms with E-state index in [2.05, 4.69) is 47.2 Å². The fourth-order valence-corrected chi connectivity index (χ4v) is 2.79. The lowest BCUT2D eigenvalue weighted by molar-refractivity contribution is 0.554. The number of rotatable bonds is 6. The number of nitrogens with one attached hydrogen (secondary N) is 1. The first-order valence-electron chi connectivity index (χ1n) is 6.54. The van der Waals surface area contributed by atoms with Gasteiger partial charge in [0.25, 0.3) is 0 Å². The third kappa shape index (κ3) is 2.82. The van der Waals surface area contributed by atoms with Gasteiger partial charge in [0.15, 0.2) is 0 Å². The Balaban J connectivity index is 2.30. The van der Waals surface area contributed by atoms with Gasteiger partial charge < -0.3 is 5.32 Å². The maximum absolute atomic E-state index is 4.55. The monoisotopic (exact) mass is 263 g/mol. The van der Waals surface area contributed by atoms with Crippen LogP contribution in [0.4, 0.5) is 0 Å². The summed E-state index contributed by atoms with van der Waals surface area (Å²) >= 11 is 1.74. The zero-order valence-corrected chi connectivity index (χ0v) is 12.1. The molecule has 98 valence electrons. The summed E-state index contributed by atoms with van der Waals surface area (Å²) in [4.78, 5) is 0. The second kappa shape index (κ2) is 6.16. The Kier molecular flexibility index (Phi) is 4.55. The fraction of sp³-hybridized carbons (Fsp3) is 0.500. The third-order valence-electron chi connectivity index (χ3n) is 3.10. The highest BCUT2D eigenvalue weighted by atomic mass is 32.1. The van der Waals surface area contributed by atoms with Crippen LogP contribution in [0.3, 0.4) is 0 Å². The van der Waals surface area contributed by atoms with Gasteiger partial charge in [0, 0.05) is 7.05 Å². The Hall–Kier alpha value is -1.13. The topological polar surface area (TPSA) is 29.9 Å². The number of aryl methyl sites for hydroxylation is 2. The van der Waals surface area contributed by atoms with Crippen molar-refractivity contribution in [1.29, 1.82) is 0 Å². The van der Waals surface area contributed by atoms with Crippen molar-refractivity contribution in [2.45, 2.75) is 32.7 Å². The molecular weight excluding hydrogens is 242 g/mol. The lowest BCUT2D eigenvalue weighted by Crippen LogP contribution is -2.24. The van der Waals surface area contributed by atoms with Gasteiger partial charge in [-0.3, -0.25) is 4.68 Å². The zero-order chi connectivity index (χ0) is 13.0. The molecule has 0 bridgehead atoms. The van der Waals surface area contributed by atoms with Gasteiger partial charge in [0.2, 0.25) is 0 Å². The molecule has 2 rings (SSSR count). The Labute approximate surface area is 113 Å². The van der Waals surface area contributed by atoms with Crippen molar-refractivity contribution < 1.29 is 0 Å². The molecule has 1 unspecified atom stereocenters. The molecule has 2 aromatic heterocycles. The molecular formula is C14H21N3S. The summed E-state index contributed by atoms with van der Waals surface area (Å²) in [5.74, 6) is 0. The van der Waals surface area contributed by atoms with Crippen LogP contribution in [0.1, 0.15) is 43.3 Å². The van der Waals surface area contributed by atoms with Crippen LogP contribution in [0.15, 0.2) is 22.9 Å². The molecule has 0 radical (unpaired) electrons. The molecule has 18 heavy (non-hydrogen) atoms. The predicted octanol–water partition coefficient (Wildman–Crippen LogP) is 3.13. The van der Waals surface area contributed by atoms with Crippen molar-refractivity contribution in [3.05, 3.63) is 39.8 Å². The van der Waals surface area contributed by atoms with Crippen LogP contribution in [0.5, 0.6) is 0 Å². The minimum atomic E-state index is 0.258. The highest BCUT2D eigenvalue weighted by Gasteiger charge is 2.18. The van der Waals surface area contributed by atoms with E-state index in [1.54, 1.807) is 11.3 Å². The molecule has 1 N–H and O–H groups in total. The number of hydrogen-bond acceptors (Lipinski definition) is 3. The van der Waals surface area contributed by atoms with Crippen LogP contribution in [-0.4, -0.2) is 16.3 Å². The molecule has 0 aromatic carbocycles. The molecule has 2 heterocycles. The summed E-state index contributed by atoms with van der Waals surface area (Å²) in [6.07, 6.45) is 2.12.